The van der Waals surface area contributed by atoms with Crippen molar-refractivity contribution in [3.8, 4) is 0 Å². The molecule has 3 unspecified atom stereocenters. The zero-order valence-corrected chi connectivity index (χ0v) is 79.4. The first-order valence-electron chi connectivity index (χ1n) is 49.9. The third-order valence-electron chi connectivity index (χ3n) is 33.7. The Morgan fingerprint density at radius 2 is 0.614 bits per heavy atom. The van der Waals surface area contributed by atoms with Crippen molar-refractivity contribution in [1.29, 1.82) is 0 Å². The molecular weight excluding hydrogens is 1720 g/mol. The van der Waals surface area contributed by atoms with Crippen LogP contribution < -0.4 is 26.6 Å². The number of ketones is 2. The predicted octanol–water partition coefficient (Wildman–Crippen LogP) is 11.5. The Kier molecular flexibility index (Phi) is 30.3. The molecule has 4 spiro atoms. The minimum absolute atomic E-state index is 0. The fourth-order valence-electron chi connectivity index (χ4n) is 26.0. The lowest BCUT2D eigenvalue weighted by atomic mass is 9.58. The van der Waals surface area contributed by atoms with E-state index in [0.717, 1.165) is 77.0 Å². The molecule has 36 heteroatoms. The van der Waals surface area contributed by atoms with Crippen LogP contribution in [0.3, 0.4) is 0 Å². The van der Waals surface area contributed by atoms with Gasteiger partial charge >= 0.3 is 23.9 Å². The van der Waals surface area contributed by atoms with Crippen LogP contribution >= 0.6 is 0 Å². The molecule has 0 aromatic rings. The summed E-state index contributed by atoms with van der Waals surface area (Å²) in [5.41, 5.74) is -3.45. The van der Waals surface area contributed by atoms with E-state index in [1.54, 1.807) is 13.8 Å². The summed E-state index contributed by atoms with van der Waals surface area (Å²) >= 11 is 0. The molecule has 20 aliphatic rings. The van der Waals surface area contributed by atoms with Crippen molar-refractivity contribution < 1.29 is 150 Å². The van der Waals surface area contributed by atoms with Crippen molar-refractivity contribution >= 4 is 65.0 Å². The number of amides is 5. The van der Waals surface area contributed by atoms with E-state index in [2.05, 4.69) is 54.3 Å². The van der Waals surface area contributed by atoms with Gasteiger partial charge in [0.25, 0.3) is 0 Å². The quantitative estimate of drug-likeness (QED) is 0.0166. The number of esters is 4. The van der Waals surface area contributed by atoms with Crippen LogP contribution in [0, 0.1) is 94.7 Å². The summed E-state index contributed by atoms with van der Waals surface area (Å²) in [6, 6.07) is -3.33. The molecule has 5 amide bonds. The molecule has 20 rings (SSSR count). The molecule has 16 saturated heterocycles. The van der Waals surface area contributed by atoms with Gasteiger partial charge in [-0.3, -0.25) is 52.7 Å². The van der Waals surface area contributed by atoms with Crippen molar-refractivity contribution in [1.82, 2.24) is 26.6 Å². The van der Waals surface area contributed by atoms with E-state index in [4.69, 9.17) is 95.9 Å². The van der Waals surface area contributed by atoms with Gasteiger partial charge < -0.3 is 83.4 Å². The standard InChI is InChI=1S/C96H145N5O31.H2/c1-51-25-30-65-55(5)81(117-85-93(65)61(51)41-45-89(10,121-85)125-129-93)113-75(107)37-29-60(103)21-15-14-16-23-71(100-74(106)36-40-78(110)116-84-58(8)68-33-28-54(4)64-44-48-92(13)124-88(120-84)96(64,68)132-128-92)80(112)101-69(59(9)102)22-17-20-50-98-79(111)70(99-73(105)35-39-77(109)115-83-57(7)67-32-27-53(3)63-43-47-91(12)123-87(119-83)95(63,67)131-127-91)24-18-19-49-97-72(104)34-38-76(108)114-82-56(6)66-31-26-52(2)62-42-46-90(11)122-86(118-82)94(62,66)130-126-90;/h51-58,61-71,81-88H,14-50H2,1-13H3,(H,97,104)(H,98,111)(H,99,105)(H,100,106)(H,101,112);1H/t51-,52-,53-,54-,55-,56-,57-,58-,61+,62+,63+,64+,65+,66+,67+,68+,69?,70?,71?,81-,82-,83-,84-,85-,86-,87-,88-,89+,90-,91-,92+,93-,94-,95-,96-;/m1./s1. The highest BCUT2D eigenvalue weighted by Gasteiger charge is 2.75. The second-order valence-corrected chi connectivity index (χ2v) is 42.7. The maximum atomic E-state index is 14.5. The van der Waals surface area contributed by atoms with Crippen LogP contribution in [0.5, 0.6) is 0 Å². The minimum atomic E-state index is -1.19. The van der Waals surface area contributed by atoms with Gasteiger partial charge in [0.15, 0.2) is 53.3 Å². The van der Waals surface area contributed by atoms with Gasteiger partial charge in [-0.25, -0.2) is 39.1 Å². The van der Waals surface area contributed by atoms with Gasteiger partial charge in [0.2, 0.25) is 77.8 Å². The van der Waals surface area contributed by atoms with Crippen molar-refractivity contribution in [3.05, 3.63) is 0 Å². The third-order valence-corrected chi connectivity index (χ3v) is 33.7. The zero-order valence-electron chi connectivity index (χ0n) is 79.4. The zero-order chi connectivity index (χ0) is 93.8. The van der Waals surface area contributed by atoms with Crippen LogP contribution in [-0.4, -0.2) is 192 Å². The third kappa shape index (κ3) is 20.0. The fraction of sp³-hybridized carbons (Fsp3) is 0.885. The maximum absolute atomic E-state index is 14.5. The van der Waals surface area contributed by atoms with Crippen LogP contribution in [0.25, 0.3) is 0 Å². The molecule has 742 valence electrons. The van der Waals surface area contributed by atoms with Crippen LogP contribution in [-0.2, 0) is 149 Å². The lowest BCUT2D eigenvalue weighted by Crippen LogP contribution is -2.70. The van der Waals surface area contributed by atoms with Crippen molar-refractivity contribution in [2.24, 2.45) is 94.7 Å². The van der Waals surface area contributed by atoms with Crippen LogP contribution in [0.15, 0.2) is 0 Å². The lowest BCUT2D eigenvalue weighted by molar-refractivity contribution is -0.576. The van der Waals surface area contributed by atoms with E-state index in [0.29, 0.717) is 94.3 Å². The number of ether oxygens (including phenoxy) is 12. The number of hydrogen-bond acceptors (Lipinski definition) is 31. The monoisotopic (exact) mass is 1870 g/mol. The first-order valence-corrected chi connectivity index (χ1v) is 49.9. The second kappa shape index (κ2) is 40.4. The molecular formula is C96H147N5O31. The van der Waals surface area contributed by atoms with E-state index >= 15 is 0 Å². The van der Waals surface area contributed by atoms with E-state index in [-0.39, 0.29) is 174 Å². The normalized spacial score (nSPS) is 42.7. The molecule has 16 heterocycles. The molecule has 4 saturated carbocycles. The van der Waals surface area contributed by atoms with Gasteiger partial charge in [0.05, 0.1) is 31.7 Å². The van der Waals surface area contributed by atoms with Gasteiger partial charge in [-0.1, -0.05) is 68.2 Å². The van der Waals surface area contributed by atoms with Gasteiger partial charge in [-0.2, -0.15) is 0 Å². The second-order valence-electron chi connectivity index (χ2n) is 42.7. The molecule has 35 atom stereocenters. The van der Waals surface area contributed by atoms with E-state index < -0.39 is 167 Å². The summed E-state index contributed by atoms with van der Waals surface area (Å²) < 4.78 is 75.5. The lowest BCUT2D eigenvalue weighted by Gasteiger charge is -2.59. The summed E-state index contributed by atoms with van der Waals surface area (Å²) in [7, 11) is 0. The number of fused-ring (bicyclic) bond motifs is 8. The van der Waals surface area contributed by atoms with Gasteiger partial charge in [0.1, 0.15) is 17.9 Å². The molecule has 36 nitrogen and oxygen atoms in total. The topological polar surface area (TPSA) is 433 Å². The van der Waals surface area contributed by atoms with E-state index in [1.165, 1.54) is 6.92 Å². The average molecular weight is 1870 g/mol. The molecule has 0 aromatic heterocycles. The molecule has 132 heavy (non-hydrogen) atoms. The highest BCUT2D eigenvalue weighted by Crippen LogP contribution is 2.66. The largest absolute Gasteiger partial charge is 0.435 e. The highest BCUT2D eigenvalue weighted by atomic mass is 17.3. The maximum Gasteiger partial charge on any atom is 0.308 e. The average Bonchev–Trinajstić information content (AvgIpc) is 1.68. The van der Waals surface area contributed by atoms with E-state index in [9.17, 15) is 52.7 Å². The number of rotatable bonds is 38. The number of unbranched alkanes of at least 4 members (excludes halogenated alkanes) is 4. The summed E-state index contributed by atoms with van der Waals surface area (Å²) in [6.07, 6.45) is 6.44. The smallest absolute Gasteiger partial charge is 0.308 e. The Morgan fingerprint density at radius 1 is 0.311 bits per heavy atom. The molecule has 16 aliphatic heterocycles. The Hall–Kier alpha value is -6.07. The van der Waals surface area contributed by atoms with Gasteiger partial charge in [-0.15, -0.1) is 0 Å². The van der Waals surface area contributed by atoms with Crippen molar-refractivity contribution in [2.75, 3.05) is 13.1 Å². The van der Waals surface area contributed by atoms with E-state index in [1.807, 2.05) is 41.5 Å². The molecule has 0 aromatic carbocycles. The molecule has 20 fully saturated rings. The number of nitrogens with one attached hydrogen (secondary N) is 5. The number of carbonyl (C=O) groups excluding carboxylic acids is 11. The highest BCUT2D eigenvalue weighted by molar-refractivity contribution is 5.93. The summed E-state index contributed by atoms with van der Waals surface area (Å²) in [5, 5.41) is 14.2. The molecule has 8 bridgehead atoms. The Bertz CT molecular complexity index is 4210. The predicted molar refractivity (Wildman–Crippen MR) is 459 cm³/mol. The SMILES string of the molecule is CC(=O)C(CCCCNC(=O)C(CCCCNC(=O)CCC(=O)O[C@@H]1O[C@@H]2O[C@@]3(C)CC[C@H]4[C@H](C)CC[C@@H]([C@H]1C)[C@@]24OO3)NC(=O)CCC(=O)O[C@@H]1O[C@@H]2O[C@@]3(C)CC[C@H]4[C@H](C)CC[C@@H]([C@H]1C)[C@@]24OO3)NC(=O)C(CCCCCC(=O)CCC(=O)O[C@@H]1O[C@@H]2O[C@]3(C)CC[C@H]4[C@H](C)CC[C@@H]([C@H]1C)[C@@]24OO3)NC(=O)CCC(=O)O[C@@H]1O[C@@H]2O[C@]3(C)CC[C@H]4[C@H](C)CC[C@@H]([C@H]1C)[C@@]24OO3.[HH]. The van der Waals surface area contributed by atoms with Gasteiger partial charge in [0, 0.05) is 120 Å². The number of carbonyl (C=O) groups is 11. The molecule has 4 aliphatic carbocycles. The Balaban J connectivity index is 0.0000135. The Labute approximate surface area is 774 Å². The van der Waals surface area contributed by atoms with Crippen molar-refractivity contribution in [3.63, 3.8) is 0 Å². The van der Waals surface area contributed by atoms with Crippen LogP contribution in [0.2, 0.25) is 0 Å². The molecule has 0 radical (unpaired) electrons. The molecule has 5 N–H and O–H groups in total. The summed E-state index contributed by atoms with van der Waals surface area (Å²) in [4.78, 5) is 200. The minimum Gasteiger partial charge on any atom is -0.435 e. The number of hydrogen-bond donors (Lipinski definition) is 5. The number of Topliss-reactive ketones (excluding diaryl/α,β-unsaturated/α-hetero) is 2. The van der Waals surface area contributed by atoms with Gasteiger partial charge in [-0.05, 0) is 210 Å². The Morgan fingerprint density at radius 3 is 0.955 bits per heavy atom. The summed E-state index contributed by atoms with van der Waals surface area (Å²) in [6.45, 7) is 25.5. The first-order chi connectivity index (χ1) is 62.9. The summed E-state index contributed by atoms with van der Waals surface area (Å²) in [5.74, 6) is -9.88. The van der Waals surface area contributed by atoms with Crippen LogP contribution in [0.4, 0.5) is 0 Å². The first kappa shape index (κ1) is 99.0. The van der Waals surface area contributed by atoms with Crippen molar-refractivity contribution in [2.45, 2.75) is 429 Å². The fourth-order valence-corrected chi connectivity index (χ4v) is 26.0. The van der Waals surface area contributed by atoms with Crippen LogP contribution in [0.1, 0.15) is 316 Å².